The number of hydrogen-bond acceptors (Lipinski definition) is 3. The van der Waals surface area contributed by atoms with Gasteiger partial charge in [-0.05, 0) is 34.1 Å². The molecule has 1 aromatic heterocycles. The van der Waals surface area contributed by atoms with Crippen LogP contribution in [0.1, 0.15) is 25.6 Å². The zero-order valence-electron chi connectivity index (χ0n) is 10.4. The number of hydrogen-bond donors (Lipinski definition) is 1. The lowest BCUT2D eigenvalue weighted by molar-refractivity contribution is 0.776. The smallest absolute Gasteiger partial charge is 0.135 e. The normalized spacial score (nSPS) is 10.8. The Bertz CT molecular complexity index is 602. The molecule has 1 aromatic carbocycles. The molecule has 0 fully saturated rings. The Morgan fingerprint density at radius 3 is 2.58 bits per heavy atom. The molecule has 1 N–H and O–H groups in total. The molecule has 6 heteroatoms. The predicted molar refractivity (Wildman–Crippen MR) is 86.3 cm³/mol. The molecule has 0 saturated heterocycles. The number of halogens is 3. The van der Waals surface area contributed by atoms with E-state index in [0.29, 0.717) is 11.0 Å². The molecule has 0 aliphatic carbocycles. The highest BCUT2D eigenvalue weighted by molar-refractivity contribution is 9.11. The lowest BCUT2D eigenvalue weighted by Gasteiger charge is -2.11. The van der Waals surface area contributed by atoms with Crippen molar-refractivity contribution < 1.29 is 0 Å². The van der Waals surface area contributed by atoms with Crippen molar-refractivity contribution in [2.24, 2.45) is 0 Å². The van der Waals surface area contributed by atoms with E-state index in [2.05, 4.69) is 47.1 Å². The van der Waals surface area contributed by atoms with Gasteiger partial charge in [-0.1, -0.05) is 41.4 Å². The summed E-state index contributed by atoms with van der Waals surface area (Å²) in [5, 5.41) is 3.67. The summed E-state index contributed by atoms with van der Waals surface area (Å²) < 4.78 is 1.94. The molecule has 2 rings (SSSR count). The molecule has 0 aliphatic rings. The third-order valence-corrected chi connectivity index (χ3v) is 3.80. The first-order valence-corrected chi connectivity index (χ1v) is 7.68. The molecule has 0 amide bonds. The second kappa shape index (κ2) is 6.20. The predicted octanol–water partition coefficient (Wildman–Crippen LogP) is 5.52. The minimum atomic E-state index is 0.227. The molecule has 0 saturated carbocycles. The summed E-state index contributed by atoms with van der Waals surface area (Å²) >= 11 is 13.0. The summed E-state index contributed by atoms with van der Waals surface area (Å²) in [6, 6.07) is 7.59. The van der Waals surface area contributed by atoms with E-state index in [9.17, 15) is 0 Å². The van der Waals surface area contributed by atoms with E-state index in [0.717, 1.165) is 20.5 Å². The van der Waals surface area contributed by atoms with E-state index < -0.39 is 0 Å². The minimum absolute atomic E-state index is 0.227. The van der Waals surface area contributed by atoms with Crippen molar-refractivity contribution in [3.63, 3.8) is 0 Å². The Kier molecular flexibility index (Phi) is 4.81. The summed E-state index contributed by atoms with van der Waals surface area (Å²) in [7, 11) is 0. The molecule has 0 spiro atoms. The van der Waals surface area contributed by atoms with Crippen LogP contribution in [0.25, 0.3) is 0 Å². The van der Waals surface area contributed by atoms with Gasteiger partial charge in [-0.3, -0.25) is 0 Å². The van der Waals surface area contributed by atoms with Crippen LogP contribution < -0.4 is 5.32 Å². The van der Waals surface area contributed by atoms with E-state index in [-0.39, 0.29) is 5.92 Å². The molecule has 0 radical (unpaired) electrons. The van der Waals surface area contributed by atoms with Crippen molar-refractivity contribution >= 4 is 55.0 Å². The standard InChI is InChI=1S/C13H12Br2ClN3/c1-7(2)13-18-11(16)6-12(19-13)17-10-5-8(14)3-4-9(10)15/h3-7H,1-2H3,(H,17,18,19). The van der Waals surface area contributed by atoms with Gasteiger partial charge in [0.05, 0.1) is 5.69 Å². The second-order valence-electron chi connectivity index (χ2n) is 4.34. The second-order valence-corrected chi connectivity index (χ2v) is 6.50. The zero-order valence-corrected chi connectivity index (χ0v) is 14.3. The van der Waals surface area contributed by atoms with Crippen molar-refractivity contribution in [2.45, 2.75) is 19.8 Å². The van der Waals surface area contributed by atoms with Crippen LogP contribution in [0, 0.1) is 0 Å². The minimum Gasteiger partial charge on any atom is -0.339 e. The van der Waals surface area contributed by atoms with Gasteiger partial charge in [0.1, 0.15) is 16.8 Å². The van der Waals surface area contributed by atoms with Crippen molar-refractivity contribution in [3.05, 3.63) is 44.2 Å². The van der Waals surface area contributed by atoms with Gasteiger partial charge in [-0.15, -0.1) is 0 Å². The Morgan fingerprint density at radius 2 is 1.89 bits per heavy atom. The van der Waals surface area contributed by atoms with Crippen LogP contribution in [0.3, 0.4) is 0 Å². The van der Waals surface area contributed by atoms with Crippen molar-refractivity contribution in [2.75, 3.05) is 5.32 Å². The summed E-state index contributed by atoms with van der Waals surface area (Å²) in [5.41, 5.74) is 0.916. The monoisotopic (exact) mass is 403 g/mol. The summed E-state index contributed by atoms with van der Waals surface area (Å²) in [6.45, 7) is 4.06. The zero-order chi connectivity index (χ0) is 14.0. The average Bonchev–Trinajstić information content (AvgIpc) is 2.33. The van der Waals surface area contributed by atoms with Gasteiger partial charge in [0, 0.05) is 20.9 Å². The maximum Gasteiger partial charge on any atom is 0.135 e. The summed E-state index contributed by atoms with van der Waals surface area (Å²) in [6.07, 6.45) is 0. The molecule has 0 bridgehead atoms. The van der Waals surface area contributed by atoms with Gasteiger partial charge in [0.25, 0.3) is 0 Å². The third kappa shape index (κ3) is 3.91. The van der Waals surface area contributed by atoms with Crippen LogP contribution in [-0.4, -0.2) is 9.97 Å². The van der Waals surface area contributed by atoms with Crippen molar-refractivity contribution in [3.8, 4) is 0 Å². The fraction of sp³-hybridized carbons (Fsp3) is 0.231. The first-order valence-electron chi connectivity index (χ1n) is 5.72. The van der Waals surface area contributed by atoms with Crippen LogP contribution in [0.5, 0.6) is 0 Å². The number of aromatic nitrogens is 2. The molecule has 0 aliphatic heterocycles. The van der Waals surface area contributed by atoms with Crippen LogP contribution in [0.4, 0.5) is 11.5 Å². The molecule has 0 atom stereocenters. The molecule has 19 heavy (non-hydrogen) atoms. The van der Waals surface area contributed by atoms with Gasteiger partial charge >= 0.3 is 0 Å². The Morgan fingerprint density at radius 1 is 1.16 bits per heavy atom. The van der Waals surface area contributed by atoms with Crippen molar-refractivity contribution in [1.82, 2.24) is 9.97 Å². The van der Waals surface area contributed by atoms with Crippen LogP contribution >= 0.6 is 43.5 Å². The van der Waals surface area contributed by atoms with Gasteiger partial charge < -0.3 is 5.32 Å². The number of benzene rings is 1. The lowest BCUT2D eigenvalue weighted by Crippen LogP contribution is -2.02. The molecule has 2 aromatic rings. The first-order chi connectivity index (χ1) is 8.95. The van der Waals surface area contributed by atoms with E-state index in [1.165, 1.54) is 0 Å². The topological polar surface area (TPSA) is 37.8 Å². The maximum atomic E-state index is 6.02. The molecule has 100 valence electrons. The quantitative estimate of drug-likeness (QED) is 0.683. The molecular formula is C13H12Br2ClN3. The molecule has 3 nitrogen and oxygen atoms in total. The Hall–Kier alpha value is -0.650. The summed E-state index contributed by atoms with van der Waals surface area (Å²) in [5.74, 6) is 1.63. The molecule has 1 heterocycles. The summed E-state index contributed by atoms with van der Waals surface area (Å²) in [4.78, 5) is 8.66. The van der Waals surface area contributed by atoms with Gasteiger partial charge in [-0.25, -0.2) is 9.97 Å². The highest BCUT2D eigenvalue weighted by Gasteiger charge is 2.08. The fourth-order valence-corrected chi connectivity index (χ4v) is 2.39. The lowest BCUT2D eigenvalue weighted by atomic mass is 10.2. The van der Waals surface area contributed by atoms with Crippen LogP contribution in [0.15, 0.2) is 33.2 Å². The highest BCUT2D eigenvalue weighted by atomic mass is 79.9. The van der Waals surface area contributed by atoms with Gasteiger partial charge in [0.15, 0.2) is 0 Å². The number of nitrogens with one attached hydrogen (secondary N) is 1. The highest BCUT2D eigenvalue weighted by Crippen LogP contribution is 2.29. The van der Waals surface area contributed by atoms with E-state index in [1.54, 1.807) is 6.07 Å². The van der Waals surface area contributed by atoms with E-state index in [1.807, 2.05) is 32.0 Å². The van der Waals surface area contributed by atoms with Crippen molar-refractivity contribution in [1.29, 1.82) is 0 Å². The van der Waals surface area contributed by atoms with Gasteiger partial charge in [0.2, 0.25) is 0 Å². The SMILES string of the molecule is CC(C)c1nc(Cl)cc(Nc2cc(Br)ccc2Br)n1. The Labute approximate surface area is 134 Å². The molecular weight excluding hydrogens is 393 g/mol. The fourth-order valence-electron chi connectivity index (χ4n) is 1.49. The first kappa shape index (κ1) is 14.8. The Balaban J connectivity index is 2.35. The van der Waals surface area contributed by atoms with Gasteiger partial charge in [-0.2, -0.15) is 0 Å². The largest absolute Gasteiger partial charge is 0.339 e. The molecule has 0 unspecified atom stereocenters. The van der Waals surface area contributed by atoms with Crippen LogP contribution in [0.2, 0.25) is 5.15 Å². The number of rotatable bonds is 3. The third-order valence-electron chi connectivity index (χ3n) is 2.42. The maximum absolute atomic E-state index is 6.02. The van der Waals surface area contributed by atoms with E-state index >= 15 is 0 Å². The number of nitrogens with zero attached hydrogens (tertiary/aromatic N) is 2. The van der Waals surface area contributed by atoms with Crippen LogP contribution in [-0.2, 0) is 0 Å². The van der Waals surface area contributed by atoms with E-state index in [4.69, 9.17) is 11.6 Å². The average molecular weight is 406 g/mol. The number of anilines is 2.